The van der Waals surface area contributed by atoms with Crippen molar-refractivity contribution < 1.29 is 0 Å². The minimum atomic E-state index is 0.578. The van der Waals surface area contributed by atoms with Crippen LogP contribution in [0.4, 0.5) is 5.13 Å². The second-order valence-corrected chi connectivity index (χ2v) is 4.75. The number of halogens is 1. The molecule has 0 aliphatic carbocycles. The van der Waals surface area contributed by atoms with Gasteiger partial charge in [-0.05, 0) is 19.4 Å². The molecule has 2 heterocycles. The molecule has 1 unspecified atom stereocenters. The minimum Gasteiger partial charge on any atom is -0.360 e. The van der Waals surface area contributed by atoms with Gasteiger partial charge in [-0.3, -0.25) is 0 Å². The topological polar surface area (TPSA) is 37.0 Å². The zero-order valence-corrected chi connectivity index (χ0v) is 9.50. The van der Waals surface area contributed by atoms with Crippen LogP contribution in [-0.4, -0.2) is 24.1 Å². The molecule has 1 saturated heterocycles. The average Bonchev–Trinajstić information content (AvgIpc) is 2.63. The lowest BCUT2D eigenvalue weighted by atomic mass is 10.1. The van der Waals surface area contributed by atoms with Gasteiger partial charge < -0.3 is 10.6 Å². The van der Waals surface area contributed by atoms with Crippen molar-refractivity contribution in [2.75, 3.05) is 18.4 Å². The molecule has 1 atom stereocenters. The van der Waals surface area contributed by atoms with E-state index >= 15 is 0 Å². The molecule has 1 aromatic rings. The molecule has 1 aliphatic heterocycles. The van der Waals surface area contributed by atoms with E-state index in [0.29, 0.717) is 11.2 Å². The van der Waals surface area contributed by atoms with Crippen molar-refractivity contribution in [2.24, 2.45) is 0 Å². The number of hydrogen-bond acceptors (Lipinski definition) is 4. The third kappa shape index (κ3) is 2.83. The average molecular weight is 232 g/mol. The van der Waals surface area contributed by atoms with E-state index in [2.05, 4.69) is 15.6 Å². The fourth-order valence-electron chi connectivity index (χ4n) is 1.64. The Morgan fingerprint density at radius 2 is 2.57 bits per heavy atom. The van der Waals surface area contributed by atoms with Crippen LogP contribution in [0.1, 0.15) is 19.3 Å². The van der Waals surface area contributed by atoms with Gasteiger partial charge in [0.25, 0.3) is 0 Å². The van der Waals surface area contributed by atoms with Crippen LogP contribution < -0.4 is 10.6 Å². The third-order valence-corrected chi connectivity index (χ3v) is 3.51. The summed E-state index contributed by atoms with van der Waals surface area (Å²) in [6.07, 6.45) is 3.89. The maximum Gasteiger partial charge on any atom is 0.184 e. The molecule has 78 valence electrons. The lowest BCUT2D eigenvalue weighted by molar-refractivity contribution is 0.414. The Labute approximate surface area is 92.9 Å². The Balaban J connectivity index is 1.76. The Kier molecular flexibility index (Phi) is 3.61. The fraction of sp³-hybridized carbons (Fsp3) is 0.667. The van der Waals surface area contributed by atoms with Gasteiger partial charge in [-0.15, -0.1) is 11.3 Å². The van der Waals surface area contributed by atoms with E-state index < -0.39 is 0 Å². The van der Waals surface area contributed by atoms with Crippen LogP contribution in [0.2, 0.25) is 5.15 Å². The van der Waals surface area contributed by atoms with E-state index in [1.165, 1.54) is 19.3 Å². The molecule has 0 radical (unpaired) electrons. The van der Waals surface area contributed by atoms with Crippen molar-refractivity contribution in [2.45, 2.75) is 25.3 Å². The van der Waals surface area contributed by atoms with Crippen molar-refractivity contribution in [3.05, 3.63) is 10.5 Å². The van der Waals surface area contributed by atoms with Crippen LogP contribution >= 0.6 is 22.9 Å². The molecule has 0 amide bonds. The molecule has 2 N–H and O–H groups in total. The molecule has 0 saturated carbocycles. The lowest BCUT2D eigenvalue weighted by Crippen LogP contribution is -2.39. The summed E-state index contributed by atoms with van der Waals surface area (Å²) in [6, 6.07) is 0.589. The summed E-state index contributed by atoms with van der Waals surface area (Å²) in [5, 5.41) is 10.1. The van der Waals surface area contributed by atoms with Crippen molar-refractivity contribution >= 4 is 28.1 Å². The number of hydrogen-bond donors (Lipinski definition) is 2. The van der Waals surface area contributed by atoms with Gasteiger partial charge in [0.15, 0.2) is 5.13 Å². The number of nitrogens with zero attached hydrogens (tertiary/aromatic N) is 1. The normalized spacial score (nSPS) is 22.2. The van der Waals surface area contributed by atoms with Crippen LogP contribution in [0.25, 0.3) is 0 Å². The molecule has 1 aromatic heterocycles. The molecule has 3 nitrogen and oxygen atoms in total. The van der Waals surface area contributed by atoms with Crippen LogP contribution in [0.15, 0.2) is 5.38 Å². The second-order valence-electron chi connectivity index (χ2n) is 3.50. The van der Waals surface area contributed by atoms with E-state index in [1.54, 1.807) is 11.3 Å². The van der Waals surface area contributed by atoms with Gasteiger partial charge in [0.05, 0.1) is 0 Å². The number of anilines is 1. The number of thiazole rings is 1. The fourth-order valence-corrected chi connectivity index (χ4v) is 2.49. The predicted molar refractivity (Wildman–Crippen MR) is 61.3 cm³/mol. The van der Waals surface area contributed by atoms with Gasteiger partial charge in [-0.25, -0.2) is 4.98 Å². The Morgan fingerprint density at radius 1 is 1.64 bits per heavy atom. The highest BCUT2D eigenvalue weighted by atomic mass is 35.5. The Morgan fingerprint density at radius 3 is 3.21 bits per heavy atom. The first kappa shape index (κ1) is 10.2. The van der Waals surface area contributed by atoms with E-state index in [0.717, 1.165) is 18.2 Å². The summed E-state index contributed by atoms with van der Waals surface area (Å²) in [5.74, 6) is 0. The Bertz CT molecular complexity index is 283. The van der Waals surface area contributed by atoms with Crippen LogP contribution in [0.5, 0.6) is 0 Å². The van der Waals surface area contributed by atoms with Gasteiger partial charge >= 0.3 is 0 Å². The molecule has 0 spiro atoms. The number of aromatic nitrogens is 1. The van der Waals surface area contributed by atoms with Crippen molar-refractivity contribution in [3.8, 4) is 0 Å². The summed E-state index contributed by atoms with van der Waals surface area (Å²) >= 11 is 7.28. The highest BCUT2D eigenvalue weighted by Crippen LogP contribution is 2.19. The maximum absolute atomic E-state index is 5.73. The molecule has 2 rings (SSSR count). The predicted octanol–water partition coefficient (Wildman–Crippen LogP) is 2.35. The number of rotatable bonds is 3. The smallest absolute Gasteiger partial charge is 0.184 e. The summed E-state index contributed by atoms with van der Waals surface area (Å²) < 4.78 is 0. The van der Waals surface area contributed by atoms with Crippen LogP contribution in [0.3, 0.4) is 0 Å². The van der Waals surface area contributed by atoms with Gasteiger partial charge in [-0.1, -0.05) is 18.0 Å². The first-order valence-corrected chi connectivity index (χ1v) is 6.18. The van der Waals surface area contributed by atoms with Crippen LogP contribution in [-0.2, 0) is 0 Å². The van der Waals surface area contributed by atoms with E-state index in [1.807, 2.05) is 5.38 Å². The van der Waals surface area contributed by atoms with Gasteiger partial charge in [0.1, 0.15) is 5.15 Å². The standard InChI is InChI=1S/C9H14ClN3S/c10-8-6-14-9(13-8)12-5-7-3-1-2-4-11-7/h6-7,11H,1-5H2,(H,12,13). The second kappa shape index (κ2) is 4.96. The Hall–Kier alpha value is -0.320. The van der Waals surface area contributed by atoms with E-state index in [4.69, 9.17) is 11.6 Å². The quantitative estimate of drug-likeness (QED) is 0.839. The maximum atomic E-state index is 5.73. The molecular formula is C9H14ClN3S. The zero-order valence-electron chi connectivity index (χ0n) is 7.92. The minimum absolute atomic E-state index is 0.578. The molecule has 0 aromatic carbocycles. The molecule has 14 heavy (non-hydrogen) atoms. The highest BCUT2D eigenvalue weighted by Gasteiger charge is 2.12. The first-order valence-electron chi connectivity index (χ1n) is 4.93. The lowest BCUT2D eigenvalue weighted by Gasteiger charge is -2.23. The van der Waals surface area contributed by atoms with Crippen molar-refractivity contribution in [1.82, 2.24) is 10.3 Å². The SMILES string of the molecule is Clc1csc(NCC2CCCCN2)n1. The van der Waals surface area contributed by atoms with Crippen molar-refractivity contribution in [3.63, 3.8) is 0 Å². The monoisotopic (exact) mass is 231 g/mol. The van der Waals surface area contributed by atoms with Gasteiger partial charge in [0.2, 0.25) is 0 Å². The van der Waals surface area contributed by atoms with Crippen molar-refractivity contribution in [1.29, 1.82) is 0 Å². The molecule has 1 aliphatic rings. The van der Waals surface area contributed by atoms with Crippen LogP contribution in [0, 0.1) is 0 Å². The molecule has 5 heteroatoms. The summed E-state index contributed by atoms with van der Waals surface area (Å²) in [5.41, 5.74) is 0. The highest BCUT2D eigenvalue weighted by molar-refractivity contribution is 7.14. The summed E-state index contributed by atoms with van der Waals surface area (Å²) in [4.78, 5) is 4.14. The molecule has 0 bridgehead atoms. The third-order valence-electron chi connectivity index (χ3n) is 2.39. The first-order chi connectivity index (χ1) is 6.84. The number of piperidine rings is 1. The van der Waals surface area contributed by atoms with Gasteiger partial charge in [-0.2, -0.15) is 0 Å². The van der Waals surface area contributed by atoms with Gasteiger partial charge in [0, 0.05) is 18.0 Å². The zero-order chi connectivity index (χ0) is 9.80. The summed E-state index contributed by atoms with van der Waals surface area (Å²) in [7, 11) is 0. The number of nitrogens with one attached hydrogen (secondary N) is 2. The molecular weight excluding hydrogens is 218 g/mol. The summed E-state index contributed by atoms with van der Waals surface area (Å²) in [6.45, 7) is 2.09. The van der Waals surface area contributed by atoms with E-state index in [9.17, 15) is 0 Å². The molecule has 1 fully saturated rings. The van der Waals surface area contributed by atoms with E-state index in [-0.39, 0.29) is 0 Å². The largest absolute Gasteiger partial charge is 0.360 e.